The zero-order valence-corrected chi connectivity index (χ0v) is 9.36. The molecule has 88 valence electrons. The third kappa shape index (κ3) is 3.51. The average Bonchev–Trinajstić information content (AvgIpc) is 2.27. The first-order valence-electron chi connectivity index (χ1n) is 5.26. The largest absolute Gasteiger partial charge is 0.397 e. The molecule has 1 heterocycles. The molecule has 1 aromatic rings. The maximum Gasteiger partial charge on any atom is 0.253 e. The van der Waals surface area contributed by atoms with Crippen molar-refractivity contribution in [3.8, 4) is 0 Å². The average molecular weight is 223 g/mol. The molecule has 0 aliphatic rings. The van der Waals surface area contributed by atoms with Gasteiger partial charge in [-0.25, -0.2) is 0 Å². The molecule has 1 aromatic heterocycles. The van der Waals surface area contributed by atoms with E-state index >= 15 is 0 Å². The topological polar surface area (TPSA) is 88.2 Å². The highest BCUT2D eigenvalue weighted by molar-refractivity contribution is 5.95. The van der Waals surface area contributed by atoms with Gasteiger partial charge in [0.15, 0.2) is 0 Å². The highest BCUT2D eigenvalue weighted by Crippen LogP contribution is 2.09. The number of carbonyl (C=O) groups excluding carboxylic acids is 1. The van der Waals surface area contributed by atoms with Crippen LogP contribution in [0.2, 0.25) is 0 Å². The zero-order valence-electron chi connectivity index (χ0n) is 9.36. The molecular weight excluding hydrogens is 206 g/mol. The Morgan fingerprint density at radius 1 is 1.56 bits per heavy atom. The first-order chi connectivity index (χ1) is 7.65. The Kier molecular flexibility index (Phi) is 4.72. The van der Waals surface area contributed by atoms with Crippen molar-refractivity contribution in [2.24, 2.45) is 0 Å². The molecule has 1 rings (SSSR count). The van der Waals surface area contributed by atoms with Crippen LogP contribution in [-0.4, -0.2) is 29.1 Å². The Balaban J connectivity index is 2.55. The second-order valence-electron chi connectivity index (χ2n) is 3.59. The number of aliphatic hydroxyl groups is 1. The summed E-state index contributed by atoms with van der Waals surface area (Å²) in [6.45, 7) is 2.46. The van der Waals surface area contributed by atoms with Crippen molar-refractivity contribution < 1.29 is 9.90 Å². The van der Waals surface area contributed by atoms with Crippen molar-refractivity contribution in [2.45, 2.75) is 19.8 Å². The quantitative estimate of drug-likeness (QED) is 0.633. The summed E-state index contributed by atoms with van der Waals surface area (Å²) in [7, 11) is 0. The number of pyridine rings is 1. The van der Waals surface area contributed by atoms with Crippen LogP contribution in [0.1, 0.15) is 28.9 Å². The summed E-state index contributed by atoms with van der Waals surface area (Å²) < 4.78 is 0. The standard InChI is InChI=1S/C11H17N3O2/c1-8-10(6-9(12)7-14-8)11(16)13-4-2-3-5-15/h6-7,15H,2-5,12H2,1H3,(H,13,16). The van der Waals surface area contributed by atoms with Crippen LogP contribution < -0.4 is 11.1 Å². The van der Waals surface area contributed by atoms with Crippen molar-refractivity contribution in [1.29, 1.82) is 0 Å². The lowest BCUT2D eigenvalue weighted by atomic mass is 10.2. The van der Waals surface area contributed by atoms with Crippen LogP contribution in [0.3, 0.4) is 0 Å². The number of hydrogen-bond acceptors (Lipinski definition) is 4. The van der Waals surface area contributed by atoms with Gasteiger partial charge < -0.3 is 16.2 Å². The maximum absolute atomic E-state index is 11.7. The molecule has 0 saturated carbocycles. The number of aromatic nitrogens is 1. The van der Waals surface area contributed by atoms with Crippen LogP contribution in [0.5, 0.6) is 0 Å². The van der Waals surface area contributed by atoms with Gasteiger partial charge in [0.2, 0.25) is 0 Å². The van der Waals surface area contributed by atoms with Crippen LogP contribution in [0.15, 0.2) is 12.3 Å². The first-order valence-corrected chi connectivity index (χ1v) is 5.26. The van der Waals surface area contributed by atoms with E-state index in [-0.39, 0.29) is 12.5 Å². The highest BCUT2D eigenvalue weighted by Gasteiger charge is 2.09. The Labute approximate surface area is 94.7 Å². The molecule has 0 unspecified atom stereocenters. The van der Waals surface area contributed by atoms with Crippen LogP contribution >= 0.6 is 0 Å². The third-order valence-electron chi connectivity index (χ3n) is 2.22. The summed E-state index contributed by atoms with van der Waals surface area (Å²) in [4.78, 5) is 15.7. The summed E-state index contributed by atoms with van der Waals surface area (Å²) in [5.74, 6) is -0.171. The van der Waals surface area contributed by atoms with Crippen molar-refractivity contribution in [1.82, 2.24) is 10.3 Å². The van der Waals surface area contributed by atoms with Gasteiger partial charge >= 0.3 is 0 Å². The smallest absolute Gasteiger partial charge is 0.253 e. The zero-order chi connectivity index (χ0) is 12.0. The number of aryl methyl sites for hydroxylation is 1. The molecule has 0 fully saturated rings. The monoisotopic (exact) mass is 223 g/mol. The van der Waals surface area contributed by atoms with Crippen LogP contribution in [-0.2, 0) is 0 Å². The fraction of sp³-hybridized carbons (Fsp3) is 0.455. The molecule has 0 radical (unpaired) electrons. The Morgan fingerprint density at radius 2 is 2.31 bits per heavy atom. The Hall–Kier alpha value is -1.62. The van der Waals surface area contributed by atoms with Gasteiger partial charge in [-0.15, -0.1) is 0 Å². The third-order valence-corrected chi connectivity index (χ3v) is 2.22. The SMILES string of the molecule is Cc1ncc(N)cc1C(=O)NCCCCO. The van der Waals surface area contributed by atoms with Gasteiger partial charge in [-0.3, -0.25) is 9.78 Å². The fourth-order valence-electron chi connectivity index (χ4n) is 1.31. The summed E-state index contributed by atoms with van der Waals surface area (Å²) >= 11 is 0. The molecule has 0 bridgehead atoms. The number of aliphatic hydroxyl groups excluding tert-OH is 1. The van der Waals surface area contributed by atoms with Gasteiger partial charge in [-0.1, -0.05) is 0 Å². The maximum atomic E-state index is 11.7. The van der Waals surface area contributed by atoms with Crippen LogP contribution in [0.25, 0.3) is 0 Å². The molecule has 5 heteroatoms. The molecule has 5 nitrogen and oxygen atoms in total. The van der Waals surface area contributed by atoms with Gasteiger partial charge in [0.1, 0.15) is 0 Å². The number of amides is 1. The lowest BCUT2D eigenvalue weighted by Crippen LogP contribution is -2.25. The second kappa shape index (κ2) is 6.07. The van der Waals surface area contributed by atoms with E-state index in [1.165, 1.54) is 6.20 Å². The van der Waals surface area contributed by atoms with Crippen molar-refractivity contribution in [3.63, 3.8) is 0 Å². The summed E-state index contributed by atoms with van der Waals surface area (Å²) in [5.41, 5.74) is 7.21. The second-order valence-corrected chi connectivity index (χ2v) is 3.59. The van der Waals surface area contributed by atoms with E-state index in [4.69, 9.17) is 10.8 Å². The number of rotatable bonds is 5. The minimum Gasteiger partial charge on any atom is -0.397 e. The molecular formula is C11H17N3O2. The molecule has 0 saturated heterocycles. The van der Waals surface area contributed by atoms with E-state index in [1.54, 1.807) is 13.0 Å². The minimum atomic E-state index is -0.171. The van der Waals surface area contributed by atoms with Crippen LogP contribution in [0.4, 0.5) is 5.69 Å². The Bertz CT molecular complexity index is 366. The van der Waals surface area contributed by atoms with E-state index in [1.807, 2.05) is 0 Å². The van der Waals surface area contributed by atoms with Gasteiger partial charge in [-0.2, -0.15) is 0 Å². The van der Waals surface area contributed by atoms with Gasteiger partial charge in [0, 0.05) is 13.2 Å². The molecule has 0 aliphatic carbocycles. The molecule has 0 spiro atoms. The van der Waals surface area contributed by atoms with Crippen molar-refractivity contribution in [2.75, 3.05) is 18.9 Å². The molecule has 4 N–H and O–H groups in total. The fourth-order valence-corrected chi connectivity index (χ4v) is 1.31. The highest BCUT2D eigenvalue weighted by atomic mass is 16.2. The number of anilines is 1. The van der Waals surface area contributed by atoms with E-state index in [0.29, 0.717) is 29.9 Å². The molecule has 0 aliphatic heterocycles. The lowest BCUT2D eigenvalue weighted by molar-refractivity contribution is 0.0951. The summed E-state index contributed by atoms with van der Waals surface area (Å²) in [6.07, 6.45) is 2.98. The number of carbonyl (C=O) groups is 1. The molecule has 1 amide bonds. The number of hydrogen-bond donors (Lipinski definition) is 3. The van der Waals surface area contributed by atoms with Crippen molar-refractivity contribution in [3.05, 3.63) is 23.5 Å². The van der Waals surface area contributed by atoms with Crippen molar-refractivity contribution >= 4 is 11.6 Å². The van der Waals surface area contributed by atoms with Crippen LogP contribution in [0, 0.1) is 6.92 Å². The van der Waals surface area contributed by atoms with E-state index in [2.05, 4.69) is 10.3 Å². The van der Waals surface area contributed by atoms with E-state index in [9.17, 15) is 4.79 Å². The van der Waals surface area contributed by atoms with Gasteiger partial charge in [0.25, 0.3) is 5.91 Å². The lowest BCUT2D eigenvalue weighted by Gasteiger charge is -2.07. The number of nitrogens with two attached hydrogens (primary N) is 1. The van der Waals surface area contributed by atoms with Gasteiger partial charge in [-0.05, 0) is 25.8 Å². The van der Waals surface area contributed by atoms with E-state index in [0.717, 1.165) is 6.42 Å². The normalized spacial score (nSPS) is 10.1. The predicted molar refractivity (Wildman–Crippen MR) is 62.0 cm³/mol. The molecule has 0 aromatic carbocycles. The number of nitrogens with zero attached hydrogens (tertiary/aromatic N) is 1. The molecule has 16 heavy (non-hydrogen) atoms. The number of nitrogens with one attached hydrogen (secondary N) is 1. The van der Waals surface area contributed by atoms with E-state index < -0.39 is 0 Å². The summed E-state index contributed by atoms with van der Waals surface area (Å²) in [5, 5.41) is 11.3. The minimum absolute atomic E-state index is 0.148. The number of nitrogen functional groups attached to an aromatic ring is 1. The number of unbranched alkanes of at least 4 members (excludes halogenated alkanes) is 1. The summed E-state index contributed by atoms with van der Waals surface area (Å²) in [6, 6.07) is 1.61. The predicted octanol–water partition coefficient (Wildman–Crippen LogP) is 0.475. The Morgan fingerprint density at radius 3 is 3.00 bits per heavy atom. The molecule has 0 atom stereocenters. The van der Waals surface area contributed by atoms with Gasteiger partial charge in [0.05, 0.1) is 23.1 Å². The first kappa shape index (κ1) is 12.4.